The molecule has 0 bridgehead atoms. The van der Waals surface area contributed by atoms with Gasteiger partial charge in [-0.3, -0.25) is 0 Å². The molecule has 1 aromatic rings. The normalized spacial score (nSPS) is 12.5. The Morgan fingerprint density at radius 2 is 2.00 bits per heavy atom. The van der Waals surface area contributed by atoms with Gasteiger partial charge in [0.2, 0.25) is 0 Å². The summed E-state index contributed by atoms with van der Waals surface area (Å²) >= 11 is 0. The van der Waals surface area contributed by atoms with E-state index in [9.17, 15) is 4.91 Å². The molecular formula is C9H12N2O. The van der Waals surface area contributed by atoms with Crippen molar-refractivity contribution < 1.29 is 0 Å². The zero-order valence-electron chi connectivity index (χ0n) is 7.03. The van der Waals surface area contributed by atoms with Crippen LogP contribution in [0.2, 0.25) is 0 Å². The van der Waals surface area contributed by atoms with E-state index < -0.39 is 0 Å². The summed E-state index contributed by atoms with van der Waals surface area (Å²) in [6.07, 6.45) is 0.832. The first-order chi connectivity index (χ1) is 5.72. The second kappa shape index (κ2) is 3.97. The summed E-state index contributed by atoms with van der Waals surface area (Å²) in [5.74, 6) is 0. The maximum atomic E-state index is 10.1. The fraction of sp³-hybridized carbons (Fsp3) is 0.333. The maximum Gasteiger partial charge on any atom is 0.108 e. The Morgan fingerprint density at radius 3 is 2.42 bits per heavy atom. The Labute approximate surface area is 71.6 Å². The Balaban J connectivity index is 2.71. The zero-order valence-corrected chi connectivity index (χ0v) is 7.03. The lowest BCUT2D eigenvalue weighted by atomic mass is 10.1. The average Bonchev–Trinajstić information content (AvgIpc) is 2.05. The van der Waals surface area contributed by atoms with E-state index in [0.717, 1.165) is 12.0 Å². The maximum absolute atomic E-state index is 10.1. The zero-order chi connectivity index (χ0) is 8.97. The van der Waals surface area contributed by atoms with Crippen molar-refractivity contribution in [3.05, 3.63) is 34.7 Å². The van der Waals surface area contributed by atoms with Crippen LogP contribution >= 0.6 is 0 Å². The third-order valence-corrected chi connectivity index (χ3v) is 1.60. The lowest BCUT2D eigenvalue weighted by molar-refractivity contribution is 0.738. The fourth-order valence-electron chi connectivity index (χ4n) is 1.06. The van der Waals surface area contributed by atoms with E-state index in [-0.39, 0.29) is 6.04 Å². The predicted molar refractivity (Wildman–Crippen MR) is 49.3 cm³/mol. The van der Waals surface area contributed by atoms with E-state index in [0.29, 0.717) is 5.69 Å². The molecule has 0 aliphatic rings. The van der Waals surface area contributed by atoms with Gasteiger partial charge in [-0.25, -0.2) is 0 Å². The fourth-order valence-corrected chi connectivity index (χ4v) is 1.06. The molecule has 1 rings (SSSR count). The Hall–Kier alpha value is -1.22. The number of rotatable bonds is 3. The molecule has 0 unspecified atom stereocenters. The molecule has 2 N–H and O–H groups in total. The Morgan fingerprint density at radius 1 is 1.42 bits per heavy atom. The average molecular weight is 164 g/mol. The molecule has 1 atom stereocenters. The third-order valence-electron chi connectivity index (χ3n) is 1.60. The summed E-state index contributed by atoms with van der Waals surface area (Å²) in [6, 6.07) is 7.30. The molecule has 0 spiro atoms. The van der Waals surface area contributed by atoms with Crippen LogP contribution in [0.15, 0.2) is 29.4 Å². The van der Waals surface area contributed by atoms with E-state index in [4.69, 9.17) is 5.73 Å². The van der Waals surface area contributed by atoms with Gasteiger partial charge in [-0.1, -0.05) is 12.1 Å². The number of hydrogen-bond acceptors (Lipinski definition) is 3. The summed E-state index contributed by atoms with van der Waals surface area (Å²) in [5.41, 5.74) is 7.21. The monoisotopic (exact) mass is 164 g/mol. The molecule has 3 heteroatoms. The van der Waals surface area contributed by atoms with Crippen molar-refractivity contribution in [2.45, 2.75) is 19.4 Å². The first kappa shape index (κ1) is 8.87. The summed E-state index contributed by atoms with van der Waals surface area (Å²) in [6.45, 7) is 1.95. The lowest BCUT2D eigenvalue weighted by Crippen LogP contribution is -2.17. The first-order valence-electron chi connectivity index (χ1n) is 3.90. The SMILES string of the molecule is C[C@@H](N)Cc1ccc(N=O)cc1. The summed E-state index contributed by atoms with van der Waals surface area (Å²) < 4.78 is 0. The molecule has 0 radical (unpaired) electrons. The van der Waals surface area contributed by atoms with Gasteiger partial charge in [0, 0.05) is 6.04 Å². The van der Waals surface area contributed by atoms with Gasteiger partial charge in [-0.15, -0.1) is 4.91 Å². The molecular weight excluding hydrogens is 152 g/mol. The van der Waals surface area contributed by atoms with Gasteiger partial charge < -0.3 is 5.73 Å². The molecule has 1 aromatic carbocycles. The topological polar surface area (TPSA) is 55.4 Å². The minimum atomic E-state index is 0.153. The Bertz CT molecular complexity index is 254. The quantitative estimate of drug-likeness (QED) is 0.694. The molecule has 0 fully saturated rings. The molecule has 0 amide bonds. The minimum Gasteiger partial charge on any atom is -0.328 e. The van der Waals surface area contributed by atoms with Crippen molar-refractivity contribution in [2.75, 3.05) is 0 Å². The van der Waals surface area contributed by atoms with Gasteiger partial charge in [0.15, 0.2) is 0 Å². The molecule has 12 heavy (non-hydrogen) atoms. The van der Waals surface area contributed by atoms with Crippen molar-refractivity contribution >= 4 is 5.69 Å². The molecule has 0 heterocycles. The van der Waals surface area contributed by atoms with Crippen molar-refractivity contribution in [2.24, 2.45) is 10.9 Å². The highest BCUT2D eigenvalue weighted by Gasteiger charge is 1.97. The molecule has 3 nitrogen and oxygen atoms in total. The van der Waals surface area contributed by atoms with Crippen LogP contribution in [0.3, 0.4) is 0 Å². The number of nitrogens with zero attached hydrogens (tertiary/aromatic N) is 1. The summed E-state index contributed by atoms with van der Waals surface area (Å²) in [5, 5.41) is 2.81. The molecule has 0 aromatic heterocycles. The standard InChI is InChI=1S/C9H12N2O/c1-7(10)6-8-2-4-9(11-12)5-3-8/h2-5,7H,6,10H2,1H3/t7-/m1/s1. The Kier molecular flexibility index (Phi) is 2.94. The largest absolute Gasteiger partial charge is 0.328 e. The van der Waals surface area contributed by atoms with Gasteiger partial charge in [0.25, 0.3) is 0 Å². The van der Waals surface area contributed by atoms with E-state index in [1.165, 1.54) is 0 Å². The van der Waals surface area contributed by atoms with Gasteiger partial charge in [0.05, 0.1) is 0 Å². The number of nitrogens with two attached hydrogens (primary N) is 1. The van der Waals surface area contributed by atoms with E-state index in [2.05, 4.69) is 5.18 Å². The van der Waals surface area contributed by atoms with Crippen LogP contribution in [0.25, 0.3) is 0 Å². The second-order valence-electron chi connectivity index (χ2n) is 2.94. The van der Waals surface area contributed by atoms with Crippen molar-refractivity contribution in [3.8, 4) is 0 Å². The highest BCUT2D eigenvalue weighted by atomic mass is 16.3. The number of nitroso groups, excluding NO2 is 1. The van der Waals surface area contributed by atoms with Crippen LogP contribution < -0.4 is 5.73 Å². The van der Waals surface area contributed by atoms with Gasteiger partial charge in [-0.2, -0.15) is 0 Å². The first-order valence-corrected chi connectivity index (χ1v) is 3.90. The molecule has 0 aliphatic heterocycles. The highest BCUT2D eigenvalue weighted by molar-refractivity contribution is 5.38. The predicted octanol–water partition coefficient (Wildman–Crippen LogP) is 1.97. The molecule has 0 saturated heterocycles. The van der Waals surface area contributed by atoms with Crippen LogP contribution in [0.1, 0.15) is 12.5 Å². The lowest BCUT2D eigenvalue weighted by Gasteiger charge is -2.03. The summed E-state index contributed by atoms with van der Waals surface area (Å²) in [4.78, 5) is 10.1. The van der Waals surface area contributed by atoms with Crippen LogP contribution in [-0.4, -0.2) is 6.04 Å². The second-order valence-corrected chi connectivity index (χ2v) is 2.94. The van der Waals surface area contributed by atoms with Crippen LogP contribution in [0.5, 0.6) is 0 Å². The van der Waals surface area contributed by atoms with Crippen molar-refractivity contribution in [1.82, 2.24) is 0 Å². The van der Waals surface area contributed by atoms with E-state index in [1.807, 2.05) is 19.1 Å². The van der Waals surface area contributed by atoms with Crippen LogP contribution in [0.4, 0.5) is 5.69 Å². The smallest absolute Gasteiger partial charge is 0.108 e. The highest BCUT2D eigenvalue weighted by Crippen LogP contribution is 2.12. The van der Waals surface area contributed by atoms with Gasteiger partial charge in [-0.05, 0) is 36.2 Å². The van der Waals surface area contributed by atoms with Gasteiger partial charge in [0.1, 0.15) is 5.69 Å². The van der Waals surface area contributed by atoms with E-state index in [1.54, 1.807) is 12.1 Å². The third kappa shape index (κ3) is 2.43. The summed E-state index contributed by atoms with van der Waals surface area (Å²) in [7, 11) is 0. The molecule has 0 saturated carbocycles. The van der Waals surface area contributed by atoms with Crippen LogP contribution in [-0.2, 0) is 6.42 Å². The van der Waals surface area contributed by atoms with Crippen LogP contribution in [0, 0.1) is 4.91 Å². The van der Waals surface area contributed by atoms with Crippen molar-refractivity contribution in [3.63, 3.8) is 0 Å². The molecule has 64 valence electrons. The van der Waals surface area contributed by atoms with Gasteiger partial charge >= 0.3 is 0 Å². The minimum absolute atomic E-state index is 0.153. The number of benzene rings is 1. The van der Waals surface area contributed by atoms with E-state index >= 15 is 0 Å². The number of hydrogen-bond donors (Lipinski definition) is 1. The van der Waals surface area contributed by atoms with Crippen molar-refractivity contribution in [1.29, 1.82) is 0 Å². The molecule has 0 aliphatic carbocycles.